The minimum Gasteiger partial charge on any atom is -0.507 e. The van der Waals surface area contributed by atoms with Crippen LogP contribution in [0.15, 0.2) is 35.9 Å². The Balaban J connectivity index is 1.85. The van der Waals surface area contributed by atoms with E-state index in [1.54, 1.807) is 19.2 Å². The van der Waals surface area contributed by atoms with E-state index in [2.05, 4.69) is 19.6 Å². The van der Waals surface area contributed by atoms with Crippen molar-refractivity contribution in [3.05, 3.63) is 47.1 Å². The summed E-state index contributed by atoms with van der Waals surface area (Å²) in [4.78, 5) is 23.9. The lowest BCUT2D eigenvalue weighted by molar-refractivity contribution is -0.163. The van der Waals surface area contributed by atoms with Crippen molar-refractivity contribution < 1.29 is 42.6 Å². The van der Waals surface area contributed by atoms with E-state index in [1.165, 1.54) is 5.57 Å². The van der Waals surface area contributed by atoms with E-state index in [1.807, 2.05) is 13.8 Å². The van der Waals surface area contributed by atoms with E-state index in [-0.39, 0.29) is 49.4 Å². The van der Waals surface area contributed by atoms with Gasteiger partial charge in [-0.3, -0.25) is 9.05 Å². The number of aromatic hydroxyl groups is 1. The Hall–Kier alpha value is -2.00. The Morgan fingerprint density at radius 2 is 1.92 bits per heavy atom. The summed E-state index contributed by atoms with van der Waals surface area (Å²) < 4.78 is 39.2. The zero-order valence-corrected chi connectivity index (χ0v) is 24.5. The summed E-state index contributed by atoms with van der Waals surface area (Å²) in [5, 5.41) is 11.2. The van der Waals surface area contributed by atoms with Gasteiger partial charge in [-0.2, -0.15) is 0 Å². The van der Waals surface area contributed by atoms with Crippen molar-refractivity contribution in [2.24, 2.45) is 5.92 Å². The summed E-state index contributed by atoms with van der Waals surface area (Å²) in [5.41, 5.74) is 1.91. The summed E-state index contributed by atoms with van der Waals surface area (Å²) in [6.45, 7) is 10.8. The highest BCUT2D eigenvalue weighted by Crippen LogP contribution is 2.54. The Morgan fingerprint density at radius 1 is 1.21 bits per heavy atom. The lowest BCUT2D eigenvalue weighted by Crippen LogP contribution is -2.49. The van der Waals surface area contributed by atoms with Crippen LogP contribution < -0.4 is 4.74 Å². The van der Waals surface area contributed by atoms with Crippen molar-refractivity contribution in [1.82, 2.24) is 0 Å². The first-order chi connectivity index (χ1) is 18.5. The van der Waals surface area contributed by atoms with E-state index in [9.17, 15) is 19.4 Å². The first-order valence-electron chi connectivity index (χ1n) is 13.7. The number of hydrogen-bond donors (Lipinski definition) is 2. The van der Waals surface area contributed by atoms with Gasteiger partial charge in [0, 0.05) is 18.6 Å². The van der Waals surface area contributed by atoms with Crippen LogP contribution in [0.3, 0.4) is 0 Å². The minimum absolute atomic E-state index is 0.0548. The Kier molecular flexibility index (Phi) is 11.4. The second-order valence-electron chi connectivity index (χ2n) is 10.5. The fourth-order valence-corrected chi connectivity index (χ4v) is 6.21. The molecule has 0 amide bonds. The molecule has 3 atom stereocenters. The van der Waals surface area contributed by atoms with Crippen molar-refractivity contribution >= 4 is 13.8 Å². The van der Waals surface area contributed by atoms with Gasteiger partial charge < -0.3 is 24.2 Å². The molecule has 9 nitrogen and oxygen atoms in total. The maximum atomic E-state index is 13.5. The number of carbonyl (C=O) groups is 1. The Labute approximate surface area is 231 Å². The number of hydrogen-bond acceptors (Lipinski definition) is 8. The first kappa shape index (κ1) is 31.5. The van der Waals surface area contributed by atoms with E-state index < -0.39 is 19.4 Å². The van der Waals surface area contributed by atoms with Crippen molar-refractivity contribution in [2.45, 2.75) is 77.2 Å². The largest absolute Gasteiger partial charge is 0.507 e. The van der Waals surface area contributed by atoms with Crippen LogP contribution in [0.2, 0.25) is 0 Å². The van der Waals surface area contributed by atoms with Crippen molar-refractivity contribution in [3.8, 4) is 11.5 Å². The van der Waals surface area contributed by atoms with Crippen LogP contribution in [0.1, 0.15) is 76.3 Å². The third-order valence-electron chi connectivity index (χ3n) is 7.37. The van der Waals surface area contributed by atoms with Gasteiger partial charge in [-0.25, -0.2) is 9.36 Å². The number of phosphoric ester groups is 1. The van der Waals surface area contributed by atoms with E-state index >= 15 is 0 Å². The summed E-state index contributed by atoms with van der Waals surface area (Å²) in [6.07, 6.45) is 6.51. The number of esters is 1. The highest BCUT2D eigenvalue weighted by Gasteiger charge is 2.52. The summed E-state index contributed by atoms with van der Waals surface area (Å²) >= 11 is 0. The molecular weight excluding hydrogens is 523 g/mol. The normalized spacial score (nSPS) is 21.9. The zero-order valence-electron chi connectivity index (χ0n) is 23.6. The van der Waals surface area contributed by atoms with Crippen molar-refractivity contribution in [3.63, 3.8) is 0 Å². The fraction of sp³-hybridized carbons (Fsp3) is 0.621. The number of phenols is 1. The average molecular weight is 567 g/mol. The summed E-state index contributed by atoms with van der Waals surface area (Å²) in [5.74, 6) is -0.640. The molecule has 2 N–H and O–H groups in total. The van der Waals surface area contributed by atoms with Gasteiger partial charge in [-0.15, -0.1) is 0 Å². The molecule has 2 aliphatic rings. The van der Waals surface area contributed by atoms with Gasteiger partial charge in [-0.05, 0) is 76.0 Å². The molecule has 0 aliphatic heterocycles. The van der Waals surface area contributed by atoms with Crippen LogP contribution in [-0.4, -0.2) is 55.1 Å². The molecule has 1 fully saturated rings. The lowest BCUT2D eigenvalue weighted by atomic mass is 9.73. The van der Waals surface area contributed by atoms with Crippen molar-refractivity contribution in [1.29, 1.82) is 0 Å². The Morgan fingerprint density at radius 3 is 2.54 bits per heavy atom. The van der Waals surface area contributed by atoms with Crippen LogP contribution in [0, 0.1) is 5.92 Å². The maximum Gasteiger partial charge on any atom is 0.473 e. The number of phosphoric acid groups is 1. The van der Waals surface area contributed by atoms with Crippen LogP contribution in [0.5, 0.6) is 11.5 Å². The van der Waals surface area contributed by atoms with Crippen LogP contribution in [0.4, 0.5) is 0 Å². The van der Waals surface area contributed by atoms with Gasteiger partial charge in [0.15, 0.2) is 5.60 Å². The molecular formula is C29H43O9P. The highest BCUT2D eigenvalue weighted by atomic mass is 31.2. The molecule has 0 bridgehead atoms. The second kappa shape index (κ2) is 14.1. The number of rotatable bonds is 15. The van der Waals surface area contributed by atoms with Gasteiger partial charge in [0.05, 0.1) is 26.4 Å². The van der Waals surface area contributed by atoms with Gasteiger partial charge in [0.25, 0.3) is 0 Å². The van der Waals surface area contributed by atoms with E-state index in [4.69, 9.17) is 23.3 Å². The highest BCUT2D eigenvalue weighted by molar-refractivity contribution is 7.47. The van der Waals surface area contributed by atoms with Crippen LogP contribution >= 0.6 is 7.82 Å². The number of phenolic OH excluding ortho intramolecular Hbond substituents is 1. The molecule has 39 heavy (non-hydrogen) atoms. The monoisotopic (exact) mass is 566 g/mol. The molecule has 1 unspecified atom stereocenters. The van der Waals surface area contributed by atoms with E-state index in [0.717, 1.165) is 30.4 Å². The number of allylic oxidation sites excluding steroid dienone is 3. The van der Waals surface area contributed by atoms with Crippen LogP contribution in [0.25, 0.3) is 0 Å². The van der Waals surface area contributed by atoms with Crippen molar-refractivity contribution in [2.75, 3.05) is 33.5 Å². The zero-order chi connectivity index (χ0) is 28.6. The van der Waals surface area contributed by atoms with Gasteiger partial charge in [0.2, 0.25) is 0 Å². The average Bonchev–Trinajstić information content (AvgIpc) is 2.83. The molecule has 10 heteroatoms. The predicted molar refractivity (Wildman–Crippen MR) is 148 cm³/mol. The molecule has 0 aromatic heterocycles. The standard InChI is InChI=1S/C29H43O9P/c1-6-8-22-18-25(30)27(24-17-21(4)9-10-23(24)20(2)3)26(19-22)37-28(31)29(11-7-12-29)38-39(32,33)36-16-15-35-14-13-34-5/h17-19,23-24,30H,2,6-16H2,1,3-5H3,(H,32,33)/t23-,24+/m0/s1. The fourth-order valence-electron chi connectivity index (χ4n) is 5.15. The second-order valence-corrected chi connectivity index (χ2v) is 11.9. The number of aryl methyl sites for hydroxylation is 1. The topological polar surface area (TPSA) is 121 Å². The van der Waals surface area contributed by atoms with Crippen LogP contribution in [-0.2, 0) is 34.3 Å². The van der Waals surface area contributed by atoms with Gasteiger partial charge in [0.1, 0.15) is 11.5 Å². The maximum absolute atomic E-state index is 13.5. The molecule has 0 saturated heterocycles. The molecule has 0 radical (unpaired) electrons. The molecule has 0 heterocycles. The molecule has 0 spiro atoms. The predicted octanol–water partition coefficient (Wildman–Crippen LogP) is 5.99. The molecule has 1 aromatic rings. The molecule has 2 aliphatic carbocycles. The Bertz CT molecular complexity index is 1090. The van der Waals surface area contributed by atoms with Gasteiger partial charge >= 0.3 is 13.8 Å². The third kappa shape index (κ3) is 8.26. The minimum atomic E-state index is -4.58. The summed E-state index contributed by atoms with van der Waals surface area (Å²) in [7, 11) is -3.03. The number of benzene rings is 1. The number of ether oxygens (including phenoxy) is 3. The van der Waals surface area contributed by atoms with Gasteiger partial charge in [-0.1, -0.05) is 37.1 Å². The quantitative estimate of drug-likeness (QED) is 0.0867. The summed E-state index contributed by atoms with van der Waals surface area (Å²) in [6, 6.07) is 3.51. The molecule has 218 valence electrons. The number of methoxy groups -OCH3 is 1. The SMILES string of the molecule is C=C(C)[C@@H]1CCC(C)=C[C@H]1c1c(O)cc(CCC)cc1OC(=O)C1(OP(=O)(O)OCCOCCOC)CCC1. The first-order valence-corrected chi connectivity index (χ1v) is 15.2. The number of carbonyl (C=O) groups excluding carboxylic acids is 1. The third-order valence-corrected chi connectivity index (χ3v) is 8.46. The molecule has 1 aromatic carbocycles. The molecule has 1 saturated carbocycles. The van der Waals surface area contributed by atoms with E-state index in [0.29, 0.717) is 31.6 Å². The molecule has 3 rings (SSSR count). The lowest BCUT2D eigenvalue weighted by Gasteiger charge is -2.39. The smallest absolute Gasteiger partial charge is 0.473 e.